The largest absolute Gasteiger partial charge is 0.447 e. The molecule has 1 atom stereocenters. The Morgan fingerprint density at radius 3 is 1.79 bits per heavy atom. The average molecular weight is 601 g/mol. The number of hydrogen-bond acceptors (Lipinski definition) is 5. The Morgan fingerprint density at radius 1 is 1.05 bits per heavy atom. The molecule has 6 N–H and O–H groups in total. The standard InChI is InChI=1S/C10H10I3N3O3/c1-2(17)19-9(10(16)18)3-4(11)7(14)6(13)8(15)5(3)12/h9H,14-15H2,1H3,(H2,16,18). The highest BCUT2D eigenvalue weighted by Crippen LogP contribution is 2.39. The molecule has 1 aromatic carbocycles. The fourth-order valence-electron chi connectivity index (χ4n) is 1.38. The molecular formula is C10H10I3N3O3. The zero-order valence-corrected chi connectivity index (χ0v) is 16.1. The van der Waals surface area contributed by atoms with E-state index < -0.39 is 18.0 Å². The predicted molar refractivity (Wildman–Crippen MR) is 97.1 cm³/mol. The Hall–Kier alpha value is -0.0500. The van der Waals surface area contributed by atoms with E-state index in [0.717, 1.165) is 0 Å². The van der Waals surface area contributed by atoms with Gasteiger partial charge in [-0.1, -0.05) is 0 Å². The monoisotopic (exact) mass is 601 g/mol. The molecular weight excluding hydrogens is 591 g/mol. The number of carbonyl (C=O) groups excluding carboxylic acids is 2. The van der Waals surface area contributed by atoms with Crippen LogP contribution in [0.3, 0.4) is 0 Å². The van der Waals surface area contributed by atoms with Gasteiger partial charge >= 0.3 is 5.97 Å². The van der Waals surface area contributed by atoms with E-state index in [9.17, 15) is 9.59 Å². The Morgan fingerprint density at radius 2 is 1.47 bits per heavy atom. The molecule has 1 rings (SSSR count). The fraction of sp³-hybridized carbons (Fsp3) is 0.200. The summed E-state index contributed by atoms with van der Waals surface area (Å²) in [5.41, 5.74) is 18.5. The molecule has 1 amide bonds. The van der Waals surface area contributed by atoms with Crippen molar-refractivity contribution in [2.75, 3.05) is 11.5 Å². The van der Waals surface area contributed by atoms with Crippen molar-refractivity contribution < 1.29 is 14.3 Å². The topological polar surface area (TPSA) is 121 Å². The number of ether oxygens (including phenoxy) is 1. The van der Waals surface area contributed by atoms with Gasteiger partial charge in [0.1, 0.15) is 0 Å². The maximum atomic E-state index is 11.5. The van der Waals surface area contributed by atoms with E-state index in [4.69, 9.17) is 21.9 Å². The van der Waals surface area contributed by atoms with Crippen molar-refractivity contribution in [3.63, 3.8) is 0 Å². The molecule has 0 bridgehead atoms. The first-order chi connectivity index (χ1) is 8.68. The second kappa shape index (κ2) is 6.60. The van der Waals surface area contributed by atoms with Gasteiger partial charge in [-0.2, -0.15) is 0 Å². The van der Waals surface area contributed by atoms with Gasteiger partial charge in [0.05, 0.1) is 14.9 Å². The van der Waals surface area contributed by atoms with E-state index >= 15 is 0 Å². The van der Waals surface area contributed by atoms with E-state index in [1.165, 1.54) is 6.92 Å². The molecule has 104 valence electrons. The van der Waals surface area contributed by atoms with Crippen LogP contribution in [0.5, 0.6) is 0 Å². The third kappa shape index (κ3) is 3.53. The van der Waals surface area contributed by atoms with Crippen LogP contribution in [0, 0.1) is 10.7 Å². The maximum absolute atomic E-state index is 11.5. The molecule has 0 heterocycles. The quantitative estimate of drug-likeness (QED) is 0.277. The highest BCUT2D eigenvalue weighted by molar-refractivity contribution is 14.1. The number of esters is 1. The van der Waals surface area contributed by atoms with Crippen LogP contribution in [0.2, 0.25) is 0 Å². The first kappa shape index (κ1) is 17.0. The Labute approximate surface area is 150 Å². The third-order valence-electron chi connectivity index (χ3n) is 2.22. The van der Waals surface area contributed by atoms with E-state index in [1.807, 2.05) is 67.8 Å². The molecule has 1 unspecified atom stereocenters. The van der Waals surface area contributed by atoms with Gasteiger partial charge < -0.3 is 21.9 Å². The number of anilines is 2. The summed E-state index contributed by atoms with van der Waals surface area (Å²) in [6, 6.07) is 0. The summed E-state index contributed by atoms with van der Waals surface area (Å²) in [5, 5.41) is 0. The third-order valence-corrected chi connectivity index (χ3v) is 5.71. The van der Waals surface area contributed by atoms with Crippen LogP contribution >= 0.6 is 67.8 Å². The van der Waals surface area contributed by atoms with E-state index in [0.29, 0.717) is 27.6 Å². The molecule has 0 spiro atoms. The lowest BCUT2D eigenvalue weighted by molar-refractivity contribution is -0.153. The van der Waals surface area contributed by atoms with Crippen LogP contribution in [-0.4, -0.2) is 11.9 Å². The molecule has 19 heavy (non-hydrogen) atoms. The second-order valence-corrected chi connectivity index (χ2v) is 6.81. The van der Waals surface area contributed by atoms with Gasteiger partial charge in [0.15, 0.2) is 0 Å². The summed E-state index contributed by atoms with van der Waals surface area (Å²) in [5.74, 6) is -1.38. The Balaban J connectivity index is 3.55. The summed E-state index contributed by atoms with van der Waals surface area (Å²) < 4.78 is 6.87. The molecule has 0 fully saturated rings. The lowest BCUT2D eigenvalue weighted by Gasteiger charge is -2.20. The van der Waals surface area contributed by atoms with E-state index in [-0.39, 0.29) is 0 Å². The number of nitrogens with two attached hydrogens (primary N) is 3. The van der Waals surface area contributed by atoms with Gasteiger partial charge in [-0.05, 0) is 67.8 Å². The summed E-state index contributed by atoms with van der Waals surface area (Å²) in [4.78, 5) is 22.6. The molecule has 0 saturated heterocycles. The molecule has 0 radical (unpaired) electrons. The van der Waals surface area contributed by atoms with Crippen molar-refractivity contribution in [2.45, 2.75) is 13.0 Å². The Bertz CT molecular complexity index is 534. The molecule has 1 aromatic rings. The number of carbonyl (C=O) groups is 2. The van der Waals surface area contributed by atoms with Gasteiger partial charge in [0.2, 0.25) is 6.10 Å². The number of hydrogen-bond donors (Lipinski definition) is 3. The van der Waals surface area contributed by atoms with Crippen molar-refractivity contribution >= 4 is 91.0 Å². The number of benzene rings is 1. The van der Waals surface area contributed by atoms with Gasteiger partial charge in [-0.3, -0.25) is 9.59 Å². The van der Waals surface area contributed by atoms with Crippen molar-refractivity contribution in [1.82, 2.24) is 0 Å². The normalized spacial score (nSPS) is 12.0. The van der Waals surface area contributed by atoms with Crippen LogP contribution < -0.4 is 17.2 Å². The lowest BCUT2D eigenvalue weighted by Crippen LogP contribution is -2.27. The zero-order valence-electron chi connectivity index (χ0n) is 9.67. The van der Waals surface area contributed by atoms with Crippen LogP contribution in [0.25, 0.3) is 0 Å². The lowest BCUT2D eigenvalue weighted by atomic mass is 10.1. The molecule has 9 heteroatoms. The van der Waals surface area contributed by atoms with Crippen molar-refractivity contribution in [1.29, 1.82) is 0 Å². The highest BCUT2D eigenvalue weighted by atomic mass is 127. The minimum absolute atomic E-state index is 0.430. The number of amides is 1. The van der Waals surface area contributed by atoms with Crippen LogP contribution in [0.4, 0.5) is 11.4 Å². The zero-order chi connectivity index (χ0) is 14.9. The van der Waals surface area contributed by atoms with Gasteiger partial charge in [-0.25, -0.2) is 0 Å². The molecule has 0 aliphatic carbocycles. The smallest absolute Gasteiger partial charge is 0.303 e. The van der Waals surface area contributed by atoms with E-state index in [1.54, 1.807) is 0 Å². The second-order valence-electron chi connectivity index (χ2n) is 3.57. The molecule has 6 nitrogen and oxygen atoms in total. The summed E-state index contributed by atoms with van der Waals surface area (Å²) >= 11 is 5.98. The Kier molecular flexibility index (Phi) is 5.91. The van der Waals surface area contributed by atoms with Gasteiger partial charge in [-0.15, -0.1) is 0 Å². The predicted octanol–water partition coefficient (Wildman–Crippen LogP) is 1.75. The van der Waals surface area contributed by atoms with Gasteiger partial charge in [0.25, 0.3) is 5.91 Å². The minimum atomic E-state index is -1.20. The number of halogens is 3. The van der Waals surface area contributed by atoms with Crippen molar-refractivity contribution in [3.8, 4) is 0 Å². The first-order valence-electron chi connectivity index (χ1n) is 4.86. The number of rotatable bonds is 3. The van der Waals surface area contributed by atoms with E-state index in [2.05, 4.69) is 0 Å². The van der Waals surface area contributed by atoms with Crippen LogP contribution in [-0.2, 0) is 14.3 Å². The van der Waals surface area contributed by atoms with Gasteiger partial charge in [0, 0.05) is 19.6 Å². The molecule has 0 aliphatic rings. The van der Waals surface area contributed by atoms with Crippen molar-refractivity contribution in [2.24, 2.45) is 5.73 Å². The molecule has 0 aromatic heterocycles. The number of primary amides is 1. The molecule has 0 saturated carbocycles. The summed E-state index contributed by atoms with van der Waals surface area (Å²) in [7, 11) is 0. The average Bonchev–Trinajstić information content (AvgIpc) is 2.32. The maximum Gasteiger partial charge on any atom is 0.303 e. The molecule has 0 aliphatic heterocycles. The summed E-state index contributed by atoms with van der Waals surface area (Å²) in [6.45, 7) is 1.20. The SMILES string of the molecule is CC(=O)OC(C(N)=O)c1c(I)c(N)c(I)c(N)c1I. The van der Waals surface area contributed by atoms with Crippen molar-refractivity contribution in [3.05, 3.63) is 16.3 Å². The van der Waals surface area contributed by atoms with Crippen LogP contribution in [0.15, 0.2) is 0 Å². The number of nitrogen functional groups attached to an aromatic ring is 2. The summed E-state index contributed by atoms with van der Waals surface area (Å²) in [6.07, 6.45) is -1.20. The minimum Gasteiger partial charge on any atom is -0.447 e. The first-order valence-corrected chi connectivity index (χ1v) is 8.09. The fourth-order valence-corrected chi connectivity index (χ4v) is 5.11. The van der Waals surface area contributed by atoms with Crippen LogP contribution in [0.1, 0.15) is 18.6 Å². The highest BCUT2D eigenvalue weighted by Gasteiger charge is 2.29.